The number of benzene rings is 1. The monoisotopic (exact) mass is 342 g/mol. The third-order valence-corrected chi connectivity index (χ3v) is 4.51. The summed E-state index contributed by atoms with van der Waals surface area (Å²) in [5.41, 5.74) is 0.842. The van der Waals surface area contributed by atoms with Gasteiger partial charge in [-0.3, -0.25) is 0 Å². The van der Waals surface area contributed by atoms with Crippen LogP contribution in [0, 0.1) is 0 Å². The minimum absolute atomic E-state index is 0.184. The van der Waals surface area contributed by atoms with Gasteiger partial charge in [0.2, 0.25) is 0 Å². The maximum atomic E-state index is 11.8. The van der Waals surface area contributed by atoms with Crippen LogP contribution in [0.1, 0.15) is 23.4 Å². The standard InChI is InChI=1S/C15H16Cl2N2OS/c1-10(13-5-4-11(16)9-14(13)17)19-15(20)18-7-6-12-3-2-8-21-12/h2-5,8-10H,6-7H2,1H3,(H2,18,19,20). The molecular weight excluding hydrogens is 327 g/mol. The van der Waals surface area contributed by atoms with E-state index in [1.165, 1.54) is 4.88 Å². The second-order valence-electron chi connectivity index (χ2n) is 4.62. The maximum Gasteiger partial charge on any atom is 0.315 e. The van der Waals surface area contributed by atoms with Crippen molar-refractivity contribution in [3.05, 3.63) is 56.2 Å². The molecule has 1 aromatic heterocycles. The number of amides is 2. The van der Waals surface area contributed by atoms with Crippen LogP contribution >= 0.6 is 34.5 Å². The highest BCUT2D eigenvalue weighted by atomic mass is 35.5. The van der Waals surface area contributed by atoms with E-state index in [-0.39, 0.29) is 12.1 Å². The van der Waals surface area contributed by atoms with Gasteiger partial charge in [0, 0.05) is 21.5 Å². The molecule has 0 aliphatic carbocycles. The summed E-state index contributed by atoms with van der Waals surface area (Å²) < 4.78 is 0. The van der Waals surface area contributed by atoms with Crippen molar-refractivity contribution >= 4 is 40.6 Å². The van der Waals surface area contributed by atoms with E-state index in [0.717, 1.165) is 12.0 Å². The molecule has 0 fully saturated rings. The first-order chi connectivity index (χ1) is 10.1. The number of nitrogens with one attached hydrogen (secondary N) is 2. The van der Waals surface area contributed by atoms with Crippen LogP contribution in [-0.2, 0) is 6.42 Å². The predicted molar refractivity (Wildman–Crippen MR) is 89.4 cm³/mol. The summed E-state index contributed by atoms with van der Waals surface area (Å²) in [5.74, 6) is 0. The number of rotatable bonds is 5. The molecule has 1 unspecified atom stereocenters. The van der Waals surface area contributed by atoms with Crippen LogP contribution < -0.4 is 10.6 Å². The molecular formula is C15H16Cl2N2OS. The molecule has 2 amide bonds. The number of carbonyl (C=O) groups is 1. The Morgan fingerprint density at radius 1 is 1.33 bits per heavy atom. The smallest absolute Gasteiger partial charge is 0.315 e. The summed E-state index contributed by atoms with van der Waals surface area (Å²) in [6.07, 6.45) is 0.834. The lowest BCUT2D eigenvalue weighted by atomic mass is 10.1. The van der Waals surface area contributed by atoms with Gasteiger partial charge in [0.1, 0.15) is 0 Å². The van der Waals surface area contributed by atoms with Gasteiger partial charge in [-0.1, -0.05) is 35.3 Å². The quantitative estimate of drug-likeness (QED) is 0.815. The highest BCUT2D eigenvalue weighted by molar-refractivity contribution is 7.09. The summed E-state index contributed by atoms with van der Waals surface area (Å²) in [4.78, 5) is 13.1. The van der Waals surface area contributed by atoms with E-state index < -0.39 is 0 Å². The number of urea groups is 1. The highest BCUT2D eigenvalue weighted by Gasteiger charge is 2.12. The third kappa shape index (κ3) is 4.92. The Bertz CT molecular complexity index is 602. The van der Waals surface area contributed by atoms with Crippen molar-refractivity contribution in [2.24, 2.45) is 0 Å². The Hall–Kier alpha value is -1.23. The predicted octanol–water partition coefficient (Wildman–Crippen LogP) is 4.66. The summed E-state index contributed by atoms with van der Waals surface area (Å²) in [7, 11) is 0. The average molecular weight is 343 g/mol. The van der Waals surface area contributed by atoms with E-state index >= 15 is 0 Å². The fraction of sp³-hybridized carbons (Fsp3) is 0.267. The van der Waals surface area contributed by atoms with Crippen LogP contribution in [0.3, 0.4) is 0 Å². The van der Waals surface area contributed by atoms with E-state index in [1.807, 2.05) is 24.4 Å². The van der Waals surface area contributed by atoms with Crippen LogP contribution in [0.4, 0.5) is 4.79 Å². The fourth-order valence-corrected chi connectivity index (χ4v) is 3.21. The van der Waals surface area contributed by atoms with Crippen LogP contribution in [-0.4, -0.2) is 12.6 Å². The lowest BCUT2D eigenvalue weighted by molar-refractivity contribution is 0.238. The molecule has 1 atom stereocenters. The van der Waals surface area contributed by atoms with Gasteiger partial charge in [-0.25, -0.2) is 4.79 Å². The first-order valence-electron chi connectivity index (χ1n) is 6.58. The van der Waals surface area contributed by atoms with E-state index in [9.17, 15) is 4.79 Å². The summed E-state index contributed by atoms with van der Waals surface area (Å²) in [5, 5.41) is 8.86. The first kappa shape index (κ1) is 16.1. The summed E-state index contributed by atoms with van der Waals surface area (Å²) in [6.45, 7) is 2.49. The molecule has 0 spiro atoms. The Morgan fingerprint density at radius 3 is 2.81 bits per heavy atom. The Kier molecular flexibility index (Phi) is 5.91. The van der Waals surface area contributed by atoms with Gasteiger partial charge < -0.3 is 10.6 Å². The molecule has 1 aromatic carbocycles. The Labute approximate surface area is 138 Å². The van der Waals surface area contributed by atoms with Crippen LogP contribution in [0.15, 0.2) is 35.7 Å². The molecule has 2 rings (SSSR count). The molecule has 0 saturated heterocycles. The second kappa shape index (κ2) is 7.69. The van der Waals surface area contributed by atoms with E-state index in [4.69, 9.17) is 23.2 Å². The summed E-state index contributed by atoms with van der Waals surface area (Å²) in [6, 6.07) is 8.93. The lowest BCUT2D eigenvalue weighted by Crippen LogP contribution is -2.38. The van der Waals surface area contributed by atoms with Gasteiger partial charge in [-0.2, -0.15) is 0 Å². The molecule has 112 valence electrons. The zero-order chi connectivity index (χ0) is 15.2. The van der Waals surface area contributed by atoms with Crippen LogP contribution in [0.25, 0.3) is 0 Å². The molecule has 0 bridgehead atoms. The van der Waals surface area contributed by atoms with E-state index in [2.05, 4.69) is 16.7 Å². The number of hydrogen-bond acceptors (Lipinski definition) is 2. The number of hydrogen-bond donors (Lipinski definition) is 2. The second-order valence-corrected chi connectivity index (χ2v) is 6.49. The normalized spacial score (nSPS) is 12.0. The van der Waals surface area contributed by atoms with Crippen LogP contribution in [0.2, 0.25) is 10.0 Å². The molecule has 2 aromatic rings. The van der Waals surface area contributed by atoms with E-state index in [0.29, 0.717) is 16.6 Å². The molecule has 0 aliphatic rings. The van der Waals surface area contributed by atoms with Crippen molar-refractivity contribution in [2.75, 3.05) is 6.54 Å². The molecule has 3 nitrogen and oxygen atoms in total. The minimum atomic E-state index is -0.204. The van der Waals surface area contributed by atoms with Crippen molar-refractivity contribution in [2.45, 2.75) is 19.4 Å². The molecule has 0 radical (unpaired) electrons. The topological polar surface area (TPSA) is 41.1 Å². The van der Waals surface area contributed by atoms with Gasteiger partial charge in [0.15, 0.2) is 0 Å². The highest BCUT2D eigenvalue weighted by Crippen LogP contribution is 2.25. The van der Waals surface area contributed by atoms with Crippen molar-refractivity contribution in [3.63, 3.8) is 0 Å². The number of carbonyl (C=O) groups excluding carboxylic acids is 1. The van der Waals surface area contributed by atoms with E-state index in [1.54, 1.807) is 23.5 Å². The van der Waals surface area contributed by atoms with Crippen molar-refractivity contribution in [1.82, 2.24) is 10.6 Å². The maximum absolute atomic E-state index is 11.8. The van der Waals surface area contributed by atoms with Crippen molar-refractivity contribution in [3.8, 4) is 0 Å². The van der Waals surface area contributed by atoms with Crippen molar-refractivity contribution in [1.29, 1.82) is 0 Å². The SMILES string of the molecule is CC(NC(=O)NCCc1cccs1)c1ccc(Cl)cc1Cl. The van der Waals surface area contributed by atoms with Gasteiger partial charge in [0.05, 0.1) is 6.04 Å². The molecule has 0 aliphatic heterocycles. The van der Waals surface area contributed by atoms with Gasteiger partial charge >= 0.3 is 6.03 Å². The molecule has 2 N–H and O–H groups in total. The molecule has 6 heteroatoms. The van der Waals surface area contributed by atoms with Crippen LogP contribution in [0.5, 0.6) is 0 Å². The average Bonchev–Trinajstić information content (AvgIpc) is 2.91. The third-order valence-electron chi connectivity index (χ3n) is 3.01. The minimum Gasteiger partial charge on any atom is -0.338 e. The van der Waals surface area contributed by atoms with Gasteiger partial charge in [0.25, 0.3) is 0 Å². The molecule has 21 heavy (non-hydrogen) atoms. The zero-order valence-corrected chi connectivity index (χ0v) is 13.9. The zero-order valence-electron chi connectivity index (χ0n) is 11.5. The Morgan fingerprint density at radius 2 is 2.14 bits per heavy atom. The van der Waals surface area contributed by atoms with Crippen molar-refractivity contribution < 1.29 is 4.79 Å². The number of thiophene rings is 1. The largest absolute Gasteiger partial charge is 0.338 e. The molecule has 1 heterocycles. The molecule has 0 saturated carbocycles. The van der Waals surface area contributed by atoms with Gasteiger partial charge in [-0.05, 0) is 42.5 Å². The van der Waals surface area contributed by atoms with Gasteiger partial charge in [-0.15, -0.1) is 11.3 Å². The summed E-state index contributed by atoms with van der Waals surface area (Å²) >= 11 is 13.7. The lowest BCUT2D eigenvalue weighted by Gasteiger charge is -2.16. The number of halogens is 2. The fourth-order valence-electron chi connectivity index (χ4n) is 1.93. The first-order valence-corrected chi connectivity index (χ1v) is 8.21. The Balaban J connectivity index is 1.81.